The van der Waals surface area contributed by atoms with E-state index in [1.807, 2.05) is 0 Å². The Morgan fingerprint density at radius 3 is 2.90 bits per heavy atom. The second-order valence-corrected chi connectivity index (χ2v) is 8.48. The van der Waals surface area contributed by atoms with Crippen LogP contribution >= 0.6 is 11.8 Å². The van der Waals surface area contributed by atoms with Gasteiger partial charge in [-0.25, -0.2) is 8.42 Å². The van der Waals surface area contributed by atoms with Gasteiger partial charge in [0.25, 0.3) is 0 Å². The predicted octanol–water partition coefficient (Wildman–Crippen LogP) is 1.82. The van der Waals surface area contributed by atoms with Gasteiger partial charge in [0.1, 0.15) is 18.6 Å². The molecule has 29 heavy (non-hydrogen) atoms. The van der Waals surface area contributed by atoms with Crippen molar-refractivity contribution in [3.63, 3.8) is 0 Å². The number of furan rings is 1. The fourth-order valence-electron chi connectivity index (χ4n) is 2.94. The van der Waals surface area contributed by atoms with Crippen LogP contribution in [-0.4, -0.2) is 37.7 Å². The van der Waals surface area contributed by atoms with Crippen molar-refractivity contribution in [2.24, 2.45) is 0 Å². The lowest BCUT2D eigenvalue weighted by Crippen LogP contribution is -2.39. The summed E-state index contributed by atoms with van der Waals surface area (Å²) in [7, 11) is -3.13. The number of ether oxygens (including phenoxy) is 1. The van der Waals surface area contributed by atoms with Crippen molar-refractivity contribution in [3.05, 3.63) is 41.4 Å². The monoisotopic (exact) mass is 438 g/mol. The highest BCUT2D eigenvalue weighted by molar-refractivity contribution is 8.03. The summed E-state index contributed by atoms with van der Waals surface area (Å²) in [6.07, 6.45) is 2.78. The van der Waals surface area contributed by atoms with Crippen molar-refractivity contribution in [2.75, 3.05) is 18.6 Å². The maximum Gasteiger partial charge on any atom is 0.421 e. The third-order valence-corrected chi connectivity index (χ3v) is 5.79. The van der Waals surface area contributed by atoms with E-state index in [-0.39, 0.29) is 23.7 Å². The SMILES string of the molecule is COc1ccc2c(c1)N(CC(=O)O)C(=Cc1oc3ccoc3[n+]1CS(=O)(=O)[O-])S2. The Balaban J connectivity index is 1.82. The van der Waals surface area contributed by atoms with Crippen molar-refractivity contribution < 1.29 is 41.0 Å². The molecule has 2 aromatic heterocycles. The zero-order valence-electron chi connectivity index (χ0n) is 14.9. The van der Waals surface area contributed by atoms with Crippen LogP contribution in [0.2, 0.25) is 0 Å². The Labute approximate surface area is 168 Å². The zero-order chi connectivity index (χ0) is 20.8. The first-order valence-electron chi connectivity index (χ1n) is 8.15. The summed E-state index contributed by atoms with van der Waals surface area (Å²) in [6.45, 7) is -0.338. The normalized spacial score (nSPS) is 15.2. The van der Waals surface area contributed by atoms with Crippen LogP contribution in [0.15, 0.2) is 49.3 Å². The smallest absolute Gasteiger partial charge is 0.421 e. The molecular formula is C17H14N2O8S2. The number of carboxylic acid groups (broad SMARTS) is 1. The molecule has 12 heteroatoms. The van der Waals surface area contributed by atoms with Crippen molar-refractivity contribution >= 4 is 50.9 Å². The minimum atomic E-state index is -4.64. The fraction of sp³-hybridized carbons (Fsp3) is 0.176. The maximum atomic E-state index is 11.4. The number of hydrogen-bond acceptors (Lipinski definition) is 9. The number of thioether (sulfide) groups is 1. The Bertz CT molecular complexity index is 1240. The first-order valence-corrected chi connectivity index (χ1v) is 10.5. The van der Waals surface area contributed by atoms with Crippen LogP contribution < -0.4 is 14.2 Å². The van der Waals surface area contributed by atoms with Gasteiger partial charge in [-0.1, -0.05) is 11.8 Å². The standard InChI is InChI=1S/C17H14N2O8S2/c1-25-10-2-3-13-11(6-10)18(8-16(20)21)15(28-13)7-14-19(9-29(22,23)24)17-12(27-14)4-5-26-17/h2-7H,8-9H2,1H3,(H-,20,21,22,23,24). The number of benzene rings is 1. The number of fused-ring (bicyclic) bond motifs is 2. The molecule has 0 saturated carbocycles. The number of methoxy groups -OCH3 is 1. The molecule has 0 fully saturated rings. The van der Waals surface area contributed by atoms with Crippen LogP contribution in [0.5, 0.6) is 5.75 Å². The van der Waals surface area contributed by atoms with Crippen LogP contribution in [0.3, 0.4) is 0 Å². The minimum absolute atomic E-state index is 0.0384. The predicted molar refractivity (Wildman–Crippen MR) is 100 cm³/mol. The van der Waals surface area contributed by atoms with Crippen molar-refractivity contribution in [2.45, 2.75) is 10.8 Å². The lowest BCUT2D eigenvalue weighted by molar-refractivity contribution is -0.665. The van der Waals surface area contributed by atoms with E-state index in [1.54, 1.807) is 18.2 Å². The Hall–Kier alpha value is -2.96. The molecule has 0 spiro atoms. The molecule has 1 aromatic carbocycles. The van der Waals surface area contributed by atoms with Gasteiger partial charge in [0.15, 0.2) is 10.1 Å². The van der Waals surface area contributed by atoms with Gasteiger partial charge in [-0.15, -0.1) is 4.57 Å². The molecule has 3 heterocycles. The molecule has 4 rings (SSSR count). The van der Waals surface area contributed by atoms with Crippen LogP contribution in [0.1, 0.15) is 5.89 Å². The van der Waals surface area contributed by atoms with Gasteiger partial charge in [-0.05, 0) is 12.1 Å². The highest BCUT2D eigenvalue weighted by atomic mass is 32.2. The molecule has 10 nitrogen and oxygen atoms in total. The number of carbonyl (C=O) groups is 1. The molecule has 0 bridgehead atoms. The molecule has 0 unspecified atom stereocenters. The lowest BCUT2D eigenvalue weighted by atomic mass is 10.2. The second kappa shape index (κ2) is 7.13. The number of nitrogens with zero attached hydrogens (tertiary/aromatic N) is 2. The average Bonchev–Trinajstić information content (AvgIpc) is 3.30. The van der Waals surface area contributed by atoms with Gasteiger partial charge in [0.2, 0.25) is 11.5 Å². The molecule has 0 saturated heterocycles. The number of oxazole rings is 1. The van der Waals surface area contributed by atoms with E-state index in [4.69, 9.17) is 13.6 Å². The number of rotatable bonds is 6. The average molecular weight is 438 g/mol. The second-order valence-electron chi connectivity index (χ2n) is 6.04. The van der Waals surface area contributed by atoms with Crippen molar-refractivity contribution in [1.29, 1.82) is 0 Å². The third-order valence-electron chi connectivity index (χ3n) is 4.10. The molecule has 0 amide bonds. The highest BCUT2D eigenvalue weighted by Crippen LogP contribution is 2.47. The summed E-state index contributed by atoms with van der Waals surface area (Å²) in [4.78, 5) is 13.7. The number of carboxylic acids is 1. The van der Waals surface area contributed by atoms with Gasteiger partial charge < -0.3 is 28.1 Å². The summed E-state index contributed by atoms with van der Waals surface area (Å²) in [5, 5.41) is 9.80. The van der Waals surface area contributed by atoms with E-state index in [9.17, 15) is 22.9 Å². The quantitative estimate of drug-likeness (QED) is 0.448. The topological polar surface area (TPSA) is 137 Å². The summed E-state index contributed by atoms with van der Waals surface area (Å²) >= 11 is 1.28. The number of anilines is 1. The van der Waals surface area contributed by atoms with Crippen LogP contribution in [0.4, 0.5) is 5.69 Å². The van der Waals surface area contributed by atoms with Crippen LogP contribution in [-0.2, 0) is 20.8 Å². The van der Waals surface area contributed by atoms with E-state index in [0.29, 0.717) is 16.5 Å². The Kier molecular flexibility index (Phi) is 4.76. The van der Waals surface area contributed by atoms with Crippen molar-refractivity contribution in [1.82, 2.24) is 0 Å². The molecule has 0 aliphatic carbocycles. The zero-order valence-corrected chi connectivity index (χ0v) is 16.5. The largest absolute Gasteiger partial charge is 0.743 e. The van der Waals surface area contributed by atoms with Gasteiger partial charge in [0.05, 0.1) is 23.9 Å². The summed E-state index contributed by atoms with van der Waals surface area (Å²) in [5.74, 6) is -1.35. The number of aliphatic carboxylic acids is 1. The maximum absolute atomic E-state index is 11.4. The van der Waals surface area contributed by atoms with E-state index < -0.39 is 22.0 Å². The Morgan fingerprint density at radius 2 is 2.21 bits per heavy atom. The summed E-state index contributed by atoms with van der Waals surface area (Å²) < 4.78 is 51.1. The molecule has 152 valence electrons. The molecule has 1 aliphatic heterocycles. The Morgan fingerprint density at radius 1 is 1.41 bits per heavy atom. The number of aromatic nitrogens is 1. The van der Waals surface area contributed by atoms with Gasteiger partial charge in [0, 0.05) is 17.0 Å². The van der Waals surface area contributed by atoms with Gasteiger partial charge in [-0.2, -0.15) is 0 Å². The lowest BCUT2D eigenvalue weighted by Gasteiger charge is -2.17. The minimum Gasteiger partial charge on any atom is -0.743 e. The van der Waals surface area contributed by atoms with E-state index in [2.05, 4.69) is 0 Å². The van der Waals surface area contributed by atoms with Crippen LogP contribution in [0, 0.1) is 0 Å². The number of hydrogen-bond donors (Lipinski definition) is 1. The summed E-state index contributed by atoms with van der Waals surface area (Å²) in [5.41, 5.74) is 0.969. The summed E-state index contributed by atoms with van der Waals surface area (Å²) in [6, 6.07) is 6.73. The first kappa shape index (κ1) is 19.4. The molecule has 0 atom stereocenters. The van der Waals surface area contributed by atoms with E-state index in [1.165, 1.54) is 42.2 Å². The molecule has 3 aromatic rings. The van der Waals surface area contributed by atoms with Gasteiger partial charge in [-0.3, -0.25) is 4.79 Å². The van der Waals surface area contributed by atoms with Crippen molar-refractivity contribution in [3.8, 4) is 5.75 Å². The molecule has 1 N–H and O–H groups in total. The molecule has 1 aliphatic rings. The molecule has 0 radical (unpaired) electrons. The fourth-order valence-corrected chi connectivity index (χ4v) is 4.57. The van der Waals surface area contributed by atoms with Crippen LogP contribution in [0.25, 0.3) is 17.4 Å². The van der Waals surface area contributed by atoms with Gasteiger partial charge >= 0.3 is 17.6 Å². The first-order chi connectivity index (χ1) is 13.7. The van der Waals surface area contributed by atoms with E-state index in [0.717, 1.165) is 9.46 Å². The third kappa shape index (κ3) is 3.81. The van der Waals surface area contributed by atoms with E-state index >= 15 is 0 Å². The molecular weight excluding hydrogens is 424 g/mol. The highest BCUT2D eigenvalue weighted by Gasteiger charge is 2.32.